The SMILES string of the molecule is CCCNc1cc(Sc2ccoc2C)cc([N+](=O)[O-])c1. The molecule has 0 aliphatic carbocycles. The van der Waals surface area contributed by atoms with Crippen LogP contribution in [-0.2, 0) is 0 Å². The van der Waals surface area contributed by atoms with Gasteiger partial charge in [-0.2, -0.15) is 0 Å². The summed E-state index contributed by atoms with van der Waals surface area (Å²) in [6.45, 7) is 4.71. The van der Waals surface area contributed by atoms with E-state index in [0.29, 0.717) is 0 Å². The van der Waals surface area contributed by atoms with Crippen LogP contribution in [0.5, 0.6) is 0 Å². The van der Waals surface area contributed by atoms with Gasteiger partial charge in [0.05, 0.1) is 16.1 Å². The maximum Gasteiger partial charge on any atom is 0.272 e. The van der Waals surface area contributed by atoms with Crippen molar-refractivity contribution < 1.29 is 9.34 Å². The van der Waals surface area contributed by atoms with Gasteiger partial charge in [0.2, 0.25) is 0 Å². The smallest absolute Gasteiger partial charge is 0.272 e. The fourth-order valence-electron chi connectivity index (χ4n) is 1.73. The molecule has 0 bridgehead atoms. The van der Waals surface area contributed by atoms with Crippen molar-refractivity contribution in [2.75, 3.05) is 11.9 Å². The summed E-state index contributed by atoms with van der Waals surface area (Å²) in [6, 6.07) is 6.91. The third kappa shape index (κ3) is 3.54. The van der Waals surface area contributed by atoms with Gasteiger partial charge >= 0.3 is 0 Å². The van der Waals surface area contributed by atoms with Crippen molar-refractivity contribution in [2.45, 2.75) is 30.1 Å². The van der Waals surface area contributed by atoms with E-state index < -0.39 is 0 Å². The van der Waals surface area contributed by atoms with E-state index in [1.807, 2.05) is 19.1 Å². The van der Waals surface area contributed by atoms with E-state index in [1.54, 1.807) is 18.4 Å². The zero-order valence-electron chi connectivity index (χ0n) is 11.4. The van der Waals surface area contributed by atoms with Crippen LogP contribution in [0.3, 0.4) is 0 Å². The minimum Gasteiger partial charge on any atom is -0.468 e. The molecule has 20 heavy (non-hydrogen) atoms. The van der Waals surface area contributed by atoms with Crippen molar-refractivity contribution in [3.05, 3.63) is 46.4 Å². The number of nitrogens with one attached hydrogen (secondary N) is 1. The van der Waals surface area contributed by atoms with Gasteiger partial charge in [-0.15, -0.1) is 0 Å². The first-order valence-electron chi connectivity index (χ1n) is 6.35. The van der Waals surface area contributed by atoms with Gasteiger partial charge in [-0.1, -0.05) is 18.7 Å². The molecule has 1 aromatic carbocycles. The molecule has 0 fully saturated rings. The average molecular weight is 292 g/mol. The van der Waals surface area contributed by atoms with E-state index >= 15 is 0 Å². The molecule has 0 aliphatic rings. The van der Waals surface area contributed by atoms with Gasteiger partial charge in [-0.25, -0.2) is 0 Å². The Bertz CT molecular complexity index is 610. The Morgan fingerprint density at radius 2 is 2.20 bits per heavy atom. The number of nitro benzene ring substituents is 1. The fourth-order valence-corrected chi connectivity index (χ4v) is 2.66. The number of hydrogen-bond acceptors (Lipinski definition) is 5. The first-order chi connectivity index (χ1) is 9.60. The maximum atomic E-state index is 11.0. The maximum absolute atomic E-state index is 11.0. The second kappa shape index (κ2) is 6.47. The molecule has 2 aromatic rings. The molecule has 106 valence electrons. The summed E-state index contributed by atoms with van der Waals surface area (Å²) < 4.78 is 5.24. The molecule has 0 aliphatic heterocycles. The minimum absolute atomic E-state index is 0.0924. The molecule has 0 radical (unpaired) electrons. The van der Waals surface area contributed by atoms with Crippen LogP contribution < -0.4 is 5.32 Å². The number of hydrogen-bond donors (Lipinski definition) is 1. The number of nitro groups is 1. The van der Waals surface area contributed by atoms with E-state index in [4.69, 9.17) is 4.42 Å². The third-order valence-corrected chi connectivity index (χ3v) is 3.84. The summed E-state index contributed by atoms with van der Waals surface area (Å²) in [5, 5.41) is 14.2. The van der Waals surface area contributed by atoms with Gasteiger partial charge in [0, 0.05) is 29.3 Å². The van der Waals surface area contributed by atoms with Crippen LogP contribution >= 0.6 is 11.8 Å². The Morgan fingerprint density at radius 3 is 2.80 bits per heavy atom. The number of anilines is 1. The molecule has 0 saturated heterocycles. The van der Waals surface area contributed by atoms with Crippen molar-refractivity contribution in [1.29, 1.82) is 0 Å². The number of rotatable bonds is 6. The summed E-state index contributed by atoms with van der Waals surface area (Å²) in [5.74, 6) is 0.810. The topological polar surface area (TPSA) is 68.3 Å². The van der Waals surface area contributed by atoms with Gasteiger partial charge in [0.1, 0.15) is 5.76 Å². The predicted molar refractivity (Wildman–Crippen MR) is 79.4 cm³/mol. The van der Waals surface area contributed by atoms with E-state index in [2.05, 4.69) is 12.2 Å². The number of nitrogens with zero attached hydrogens (tertiary/aromatic N) is 1. The number of furan rings is 1. The summed E-state index contributed by atoms with van der Waals surface area (Å²) in [5.41, 5.74) is 0.861. The fraction of sp³-hybridized carbons (Fsp3) is 0.286. The number of aryl methyl sites for hydroxylation is 1. The highest BCUT2D eigenvalue weighted by molar-refractivity contribution is 7.99. The zero-order valence-corrected chi connectivity index (χ0v) is 12.2. The molecule has 0 amide bonds. The molecule has 2 rings (SSSR count). The highest BCUT2D eigenvalue weighted by Crippen LogP contribution is 2.34. The van der Waals surface area contributed by atoms with E-state index in [9.17, 15) is 10.1 Å². The monoisotopic (exact) mass is 292 g/mol. The lowest BCUT2D eigenvalue weighted by Gasteiger charge is -2.07. The van der Waals surface area contributed by atoms with Crippen LogP contribution in [0.15, 0.2) is 44.7 Å². The molecule has 0 saturated carbocycles. The second-order valence-corrected chi connectivity index (χ2v) is 5.46. The normalized spacial score (nSPS) is 10.5. The molecule has 1 aromatic heterocycles. The zero-order chi connectivity index (χ0) is 14.5. The van der Waals surface area contributed by atoms with Crippen molar-refractivity contribution in [3.8, 4) is 0 Å². The lowest BCUT2D eigenvalue weighted by Crippen LogP contribution is -2.00. The molecule has 1 heterocycles. The van der Waals surface area contributed by atoms with Crippen LogP contribution in [0.1, 0.15) is 19.1 Å². The van der Waals surface area contributed by atoms with Crippen LogP contribution in [0.4, 0.5) is 11.4 Å². The molecule has 0 spiro atoms. The van der Waals surface area contributed by atoms with Gasteiger partial charge < -0.3 is 9.73 Å². The molecule has 6 heteroatoms. The standard InChI is InChI=1S/C14H16N2O3S/c1-3-5-15-11-7-12(16(17)18)9-13(8-11)20-14-4-6-19-10(14)2/h4,6-9,15H,3,5H2,1-2H3. The minimum atomic E-state index is -0.372. The second-order valence-electron chi connectivity index (χ2n) is 4.34. The Labute approximate surface area is 121 Å². The van der Waals surface area contributed by atoms with Gasteiger partial charge in [-0.05, 0) is 25.5 Å². The molecule has 5 nitrogen and oxygen atoms in total. The molecular formula is C14H16N2O3S. The van der Waals surface area contributed by atoms with Crippen molar-refractivity contribution in [2.24, 2.45) is 0 Å². The number of benzene rings is 1. The van der Waals surface area contributed by atoms with Crippen molar-refractivity contribution >= 4 is 23.1 Å². The Hall–Kier alpha value is -1.95. The van der Waals surface area contributed by atoms with Crippen LogP contribution in [0, 0.1) is 17.0 Å². The Morgan fingerprint density at radius 1 is 1.40 bits per heavy atom. The van der Waals surface area contributed by atoms with Crippen LogP contribution in [-0.4, -0.2) is 11.5 Å². The van der Waals surface area contributed by atoms with Gasteiger partial charge in [-0.3, -0.25) is 10.1 Å². The van der Waals surface area contributed by atoms with Crippen LogP contribution in [0.25, 0.3) is 0 Å². The highest BCUT2D eigenvalue weighted by Gasteiger charge is 2.12. The molecule has 1 N–H and O–H groups in total. The van der Waals surface area contributed by atoms with Crippen molar-refractivity contribution in [1.82, 2.24) is 0 Å². The van der Waals surface area contributed by atoms with E-state index in [0.717, 1.165) is 34.2 Å². The van der Waals surface area contributed by atoms with E-state index in [-0.39, 0.29) is 10.6 Å². The Kier molecular flexibility index (Phi) is 4.68. The lowest BCUT2D eigenvalue weighted by atomic mass is 10.2. The summed E-state index contributed by atoms with van der Waals surface area (Å²) in [7, 11) is 0. The highest BCUT2D eigenvalue weighted by atomic mass is 32.2. The molecule has 0 atom stereocenters. The quantitative estimate of drug-likeness (QED) is 0.628. The largest absolute Gasteiger partial charge is 0.468 e. The summed E-state index contributed by atoms with van der Waals surface area (Å²) in [6.07, 6.45) is 2.58. The number of non-ortho nitro benzene ring substituents is 1. The van der Waals surface area contributed by atoms with Crippen LogP contribution in [0.2, 0.25) is 0 Å². The van der Waals surface area contributed by atoms with Gasteiger partial charge in [0.15, 0.2) is 0 Å². The first kappa shape index (κ1) is 14.5. The molecular weight excluding hydrogens is 276 g/mol. The summed E-state index contributed by atoms with van der Waals surface area (Å²) >= 11 is 1.46. The first-order valence-corrected chi connectivity index (χ1v) is 7.17. The van der Waals surface area contributed by atoms with E-state index in [1.165, 1.54) is 11.8 Å². The predicted octanol–water partition coefficient (Wildman–Crippen LogP) is 4.47. The lowest BCUT2D eigenvalue weighted by molar-refractivity contribution is -0.385. The Balaban J connectivity index is 2.29. The third-order valence-electron chi connectivity index (χ3n) is 2.72. The van der Waals surface area contributed by atoms with Crippen molar-refractivity contribution in [3.63, 3.8) is 0 Å². The molecule has 0 unspecified atom stereocenters. The summed E-state index contributed by atoms with van der Waals surface area (Å²) in [4.78, 5) is 12.4. The van der Waals surface area contributed by atoms with Gasteiger partial charge in [0.25, 0.3) is 5.69 Å². The average Bonchev–Trinajstić information content (AvgIpc) is 2.81.